The molecular formula is C14H14BrClN2O. The molecule has 100 valence electrons. The minimum atomic E-state index is 0.547. The SMILES string of the molecule is CNCc1cc(C)nc(Oc2cc(Br)ccc2Cl)c1. The summed E-state index contributed by atoms with van der Waals surface area (Å²) in [5.41, 5.74) is 2.03. The molecule has 0 aliphatic rings. The Morgan fingerprint density at radius 1 is 1.32 bits per heavy atom. The Bertz CT molecular complexity index is 590. The largest absolute Gasteiger partial charge is 0.437 e. The summed E-state index contributed by atoms with van der Waals surface area (Å²) in [6.45, 7) is 2.71. The second-order valence-electron chi connectivity index (χ2n) is 4.16. The van der Waals surface area contributed by atoms with Crippen LogP contribution in [0, 0.1) is 6.92 Å². The van der Waals surface area contributed by atoms with E-state index >= 15 is 0 Å². The number of rotatable bonds is 4. The van der Waals surface area contributed by atoms with Crippen LogP contribution in [0.4, 0.5) is 0 Å². The minimum absolute atomic E-state index is 0.547. The molecule has 2 rings (SSSR count). The molecule has 0 saturated carbocycles. The fraction of sp³-hybridized carbons (Fsp3) is 0.214. The lowest BCUT2D eigenvalue weighted by molar-refractivity contribution is 0.460. The molecule has 0 unspecified atom stereocenters. The van der Waals surface area contributed by atoms with Gasteiger partial charge >= 0.3 is 0 Å². The first-order chi connectivity index (χ1) is 9.08. The van der Waals surface area contributed by atoms with Crippen molar-refractivity contribution in [3.05, 3.63) is 51.1 Å². The third-order valence-corrected chi connectivity index (χ3v) is 3.28. The maximum atomic E-state index is 6.10. The van der Waals surface area contributed by atoms with E-state index in [-0.39, 0.29) is 0 Å². The second-order valence-corrected chi connectivity index (χ2v) is 5.49. The summed E-state index contributed by atoms with van der Waals surface area (Å²) in [6, 6.07) is 9.40. The molecule has 19 heavy (non-hydrogen) atoms. The van der Waals surface area contributed by atoms with Gasteiger partial charge in [-0.15, -0.1) is 0 Å². The highest BCUT2D eigenvalue weighted by Gasteiger charge is 2.07. The summed E-state index contributed by atoms with van der Waals surface area (Å²) in [6.07, 6.45) is 0. The number of hydrogen-bond donors (Lipinski definition) is 1. The Kier molecular flexibility index (Phi) is 4.80. The van der Waals surface area contributed by atoms with Gasteiger partial charge in [-0.3, -0.25) is 0 Å². The van der Waals surface area contributed by atoms with E-state index < -0.39 is 0 Å². The molecule has 1 aromatic carbocycles. The summed E-state index contributed by atoms with van der Waals surface area (Å²) in [5, 5.41) is 3.66. The molecule has 1 heterocycles. The average Bonchev–Trinajstić information content (AvgIpc) is 2.33. The quantitative estimate of drug-likeness (QED) is 0.899. The number of nitrogens with zero attached hydrogens (tertiary/aromatic N) is 1. The number of aromatic nitrogens is 1. The minimum Gasteiger partial charge on any atom is -0.437 e. The molecule has 0 saturated heterocycles. The van der Waals surface area contributed by atoms with Crippen molar-refractivity contribution >= 4 is 27.5 Å². The Labute approximate surface area is 126 Å². The van der Waals surface area contributed by atoms with E-state index in [9.17, 15) is 0 Å². The zero-order valence-corrected chi connectivity index (χ0v) is 13.0. The van der Waals surface area contributed by atoms with Gasteiger partial charge in [0.15, 0.2) is 0 Å². The maximum Gasteiger partial charge on any atom is 0.219 e. The van der Waals surface area contributed by atoms with Crippen molar-refractivity contribution in [2.24, 2.45) is 0 Å². The Morgan fingerprint density at radius 3 is 2.84 bits per heavy atom. The van der Waals surface area contributed by atoms with Crippen LogP contribution in [0.1, 0.15) is 11.3 Å². The topological polar surface area (TPSA) is 34.2 Å². The normalized spacial score (nSPS) is 10.5. The molecule has 0 radical (unpaired) electrons. The molecule has 0 amide bonds. The third-order valence-electron chi connectivity index (χ3n) is 2.48. The number of pyridine rings is 1. The zero-order valence-electron chi connectivity index (χ0n) is 10.7. The number of hydrogen-bond acceptors (Lipinski definition) is 3. The summed E-state index contributed by atoms with van der Waals surface area (Å²) in [4.78, 5) is 4.36. The van der Waals surface area contributed by atoms with Gasteiger partial charge in [0.25, 0.3) is 0 Å². The molecule has 0 spiro atoms. The smallest absolute Gasteiger partial charge is 0.219 e. The zero-order chi connectivity index (χ0) is 13.8. The van der Waals surface area contributed by atoms with E-state index in [0.29, 0.717) is 16.7 Å². The van der Waals surface area contributed by atoms with Crippen molar-refractivity contribution in [1.82, 2.24) is 10.3 Å². The first kappa shape index (κ1) is 14.3. The van der Waals surface area contributed by atoms with Gasteiger partial charge in [0.05, 0.1) is 5.02 Å². The molecule has 1 N–H and O–H groups in total. The monoisotopic (exact) mass is 340 g/mol. The van der Waals surface area contributed by atoms with E-state index in [1.165, 1.54) is 0 Å². The van der Waals surface area contributed by atoms with Crippen LogP contribution < -0.4 is 10.1 Å². The van der Waals surface area contributed by atoms with Gasteiger partial charge in [-0.25, -0.2) is 4.98 Å². The summed E-state index contributed by atoms with van der Waals surface area (Å²) in [5.74, 6) is 1.13. The van der Waals surface area contributed by atoms with Crippen LogP contribution >= 0.6 is 27.5 Å². The molecular weight excluding hydrogens is 328 g/mol. The standard InChI is InChI=1S/C14H14BrClN2O/c1-9-5-10(8-17-2)6-14(18-9)19-13-7-11(15)3-4-12(13)16/h3-7,17H,8H2,1-2H3. The summed E-state index contributed by atoms with van der Waals surface area (Å²) < 4.78 is 6.67. The van der Waals surface area contributed by atoms with Crippen molar-refractivity contribution in [2.75, 3.05) is 7.05 Å². The molecule has 0 atom stereocenters. The molecule has 3 nitrogen and oxygen atoms in total. The van der Waals surface area contributed by atoms with E-state index in [0.717, 1.165) is 22.3 Å². The highest BCUT2D eigenvalue weighted by atomic mass is 79.9. The predicted molar refractivity (Wildman–Crippen MR) is 81.0 cm³/mol. The number of halogens is 2. The van der Waals surface area contributed by atoms with Gasteiger partial charge in [0.1, 0.15) is 5.75 Å². The fourth-order valence-corrected chi connectivity index (χ4v) is 2.23. The van der Waals surface area contributed by atoms with E-state index in [2.05, 4.69) is 26.2 Å². The second kappa shape index (κ2) is 6.37. The number of ether oxygens (including phenoxy) is 1. The summed E-state index contributed by atoms with van der Waals surface area (Å²) in [7, 11) is 1.90. The molecule has 5 heteroatoms. The lowest BCUT2D eigenvalue weighted by Gasteiger charge is -2.09. The number of benzene rings is 1. The number of aryl methyl sites for hydroxylation is 1. The molecule has 0 aliphatic carbocycles. The van der Waals surface area contributed by atoms with Crippen LogP contribution in [0.3, 0.4) is 0 Å². The Balaban J connectivity index is 2.29. The average molecular weight is 342 g/mol. The van der Waals surface area contributed by atoms with Crippen molar-refractivity contribution < 1.29 is 4.74 Å². The lowest BCUT2D eigenvalue weighted by atomic mass is 10.2. The molecule has 0 bridgehead atoms. The van der Waals surface area contributed by atoms with Crippen molar-refractivity contribution in [3.8, 4) is 11.6 Å². The van der Waals surface area contributed by atoms with E-state index in [1.807, 2.05) is 38.2 Å². The first-order valence-corrected chi connectivity index (χ1v) is 7.00. The first-order valence-electron chi connectivity index (χ1n) is 5.83. The van der Waals surface area contributed by atoms with Crippen LogP contribution in [0.5, 0.6) is 11.6 Å². The Hall–Kier alpha value is -1.10. The van der Waals surface area contributed by atoms with Gasteiger partial charge < -0.3 is 10.1 Å². The van der Waals surface area contributed by atoms with Crippen LogP contribution in [-0.4, -0.2) is 12.0 Å². The van der Waals surface area contributed by atoms with Crippen LogP contribution in [0.2, 0.25) is 5.02 Å². The number of nitrogens with one attached hydrogen (secondary N) is 1. The van der Waals surface area contributed by atoms with E-state index in [1.54, 1.807) is 6.07 Å². The maximum absolute atomic E-state index is 6.10. The van der Waals surface area contributed by atoms with Crippen molar-refractivity contribution in [3.63, 3.8) is 0 Å². The molecule has 2 aromatic rings. The highest BCUT2D eigenvalue weighted by Crippen LogP contribution is 2.31. The van der Waals surface area contributed by atoms with Crippen LogP contribution in [-0.2, 0) is 6.54 Å². The van der Waals surface area contributed by atoms with Gasteiger partial charge in [0.2, 0.25) is 5.88 Å². The molecule has 0 fully saturated rings. The van der Waals surface area contributed by atoms with Gasteiger partial charge in [-0.1, -0.05) is 27.5 Å². The highest BCUT2D eigenvalue weighted by molar-refractivity contribution is 9.10. The van der Waals surface area contributed by atoms with Crippen molar-refractivity contribution in [1.29, 1.82) is 0 Å². The third kappa shape index (κ3) is 3.93. The summed E-state index contributed by atoms with van der Waals surface area (Å²) >= 11 is 9.50. The molecule has 1 aromatic heterocycles. The Morgan fingerprint density at radius 2 is 2.11 bits per heavy atom. The predicted octanol–water partition coefficient (Wildman–Crippen LogP) is 4.32. The lowest BCUT2D eigenvalue weighted by Crippen LogP contribution is -2.06. The fourth-order valence-electron chi connectivity index (χ4n) is 1.73. The van der Waals surface area contributed by atoms with Crippen LogP contribution in [0.15, 0.2) is 34.8 Å². The van der Waals surface area contributed by atoms with E-state index in [4.69, 9.17) is 16.3 Å². The van der Waals surface area contributed by atoms with Gasteiger partial charge in [-0.2, -0.15) is 0 Å². The molecule has 0 aliphatic heterocycles. The van der Waals surface area contributed by atoms with Gasteiger partial charge in [0, 0.05) is 22.8 Å². The van der Waals surface area contributed by atoms with Crippen molar-refractivity contribution in [2.45, 2.75) is 13.5 Å². The van der Waals surface area contributed by atoms with Gasteiger partial charge in [-0.05, 0) is 43.8 Å². The van der Waals surface area contributed by atoms with Crippen LogP contribution in [0.25, 0.3) is 0 Å².